The second-order valence-electron chi connectivity index (χ2n) is 7.92. The van der Waals surface area contributed by atoms with Crippen molar-refractivity contribution in [1.82, 2.24) is 20.1 Å². The fourth-order valence-electron chi connectivity index (χ4n) is 3.16. The molecule has 2 heterocycles. The smallest absolute Gasteiger partial charge is 0.416 e. The molecule has 0 unspecified atom stereocenters. The standard InChI is InChI=1S/C22H21F3N4O3/c1-29-9-6-18(28-29)17-10-14(19(31)27-12-21(13-30)7-8-21)11-26-20(17)32-16-4-2-15(3-5-16)22(23,24)25/h2-6,9-11,30H,7-8,12-13H2,1H3,(H,27,31). The zero-order chi connectivity index (χ0) is 22.9. The molecule has 7 nitrogen and oxygen atoms in total. The number of carbonyl (C=O) groups excluding carboxylic acids is 1. The van der Waals surface area contributed by atoms with E-state index in [1.54, 1.807) is 30.1 Å². The van der Waals surface area contributed by atoms with Crippen LogP contribution in [0.2, 0.25) is 0 Å². The highest BCUT2D eigenvalue weighted by molar-refractivity contribution is 5.95. The maximum Gasteiger partial charge on any atom is 0.416 e. The number of nitrogens with one attached hydrogen (secondary N) is 1. The number of hydrogen-bond donors (Lipinski definition) is 2. The highest BCUT2D eigenvalue weighted by Gasteiger charge is 2.42. The molecule has 1 amide bonds. The first-order valence-corrected chi connectivity index (χ1v) is 9.93. The molecule has 168 valence electrons. The summed E-state index contributed by atoms with van der Waals surface area (Å²) < 4.78 is 45.7. The first-order valence-electron chi connectivity index (χ1n) is 9.93. The van der Waals surface area contributed by atoms with E-state index in [4.69, 9.17) is 4.74 Å². The van der Waals surface area contributed by atoms with Gasteiger partial charge in [0.1, 0.15) is 5.75 Å². The number of aromatic nitrogens is 3. The quantitative estimate of drug-likeness (QED) is 0.577. The van der Waals surface area contributed by atoms with Crippen LogP contribution in [0.3, 0.4) is 0 Å². The van der Waals surface area contributed by atoms with Crippen LogP contribution < -0.4 is 10.1 Å². The number of alkyl halides is 3. The van der Waals surface area contributed by atoms with E-state index < -0.39 is 11.7 Å². The molecule has 1 fully saturated rings. The number of hydrogen-bond acceptors (Lipinski definition) is 5. The number of halogens is 3. The van der Waals surface area contributed by atoms with Crippen molar-refractivity contribution in [3.63, 3.8) is 0 Å². The van der Waals surface area contributed by atoms with Gasteiger partial charge in [0.05, 0.1) is 29.0 Å². The van der Waals surface area contributed by atoms with Crippen LogP contribution in [-0.2, 0) is 13.2 Å². The summed E-state index contributed by atoms with van der Waals surface area (Å²) in [5.41, 5.74) is 0.163. The second-order valence-corrected chi connectivity index (χ2v) is 7.92. The summed E-state index contributed by atoms with van der Waals surface area (Å²) >= 11 is 0. The normalized spacial score (nSPS) is 14.8. The van der Waals surface area contributed by atoms with Gasteiger partial charge in [0.25, 0.3) is 5.91 Å². The molecule has 2 N–H and O–H groups in total. The third kappa shape index (κ3) is 4.75. The molecule has 1 aliphatic rings. The van der Waals surface area contributed by atoms with E-state index >= 15 is 0 Å². The molecule has 4 rings (SSSR count). The fourth-order valence-corrected chi connectivity index (χ4v) is 3.16. The van der Waals surface area contributed by atoms with Crippen molar-refractivity contribution in [2.24, 2.45) is 12.5 Å². The van der Waals surface area contributed by atoms with Crippen molar-refractivity contribution in [2.45, 2.75) is 19.0 Å². The van der Waals surface area contributed by atoms with E-state index in [-0.39, 0.29) is 35.1 Å². The average molecular weight is 446 g/mol. The van der Waals surface area contributed by atoms with Gasteiger partial charge in [-0.25, -0.2) is 4.98 Å². The van der Waals surface area contributed by atoms with Gasteiger partial charge >= 0.3 is 6.18 Å². The Morgan fingerprint density at radius 2 is 1.97 bits per heavy atom. The molecule has 2 aromatic heterocycles. The van der Waals surface area contributed by atoms with Gasteiger partial charge < -0.3 is 15.2 Å². The van der Waals surface area contributed by atoms with Gasteiger partial charge in [0.15, 0.2) is 0 Å². The van der Waals surface area contributed by atoms with Gasteiger partial charge in [-0.1, -0.05) is 0 Å². The van der Waals surface area contributed by atoms with E-state index in [9.17, 15) is 23.1 Å². The Morgan fingerprint density at radius 3 is 2.53 bits per heavy atom. The molecule has 0 aliphatic heterocycles. The molecule has 0 saturated heterocycles. The van der Waals surface area contributed by atoms with Crippen LogP contribution in [-0.4, -0.2) is 38.9 Å². The Balaban J connectivity index is 1.59. The number of aryl methyl sites for hydroxylation is 1. The molecule has 0 spiro atoms. The summed E-state index contributed by atoms with van der Waals surface area (Å²) in [6.45, 7) is 0.385. The van der Waals surface area contributed by atoms with Crippen molar-refractivity contribution in [3.8, 4) is 22.9 Å². The van der Waals surface area contributed by atoms with Crippen LogP contribution in [0, 0.1) is 5.41 Å². The maximum absolute atomic E-state index is 12.8. The molecular formula is C22H21F3N4O3. The van der Waals surface area contributed by atoms with E-state index in [1.807, 2.05) is 0 Å². The predicted molar refractivity (Wildman–Crippen MR) is 109 cm³/mol. The van der Waals surface area contributed by atoms with E-state index in [2.05, 4.69) is 15.4 Å². The predicted octanol–water partition coefficient (Wildman–Crippen LogP) is 3.80. The lowest BCUT2D eigenvalue weighted by Crippen LogP contribution is -2.31. The van der Waals surface area contributed by atoms with Crippen LogP contribution in [0.1, 0.15) is 28.8 Å². The summed E-state index contributed by atoms with van der Waals surface area (Å²) in [4.78, 5) is 16.8. The fraction of sp³-hybridized carbons (Fsp3) is 0.318. The zero-order valence-corrected chi connectivity index (χ0v) is 17.2. The Labute approximate surface area is 181 Å². The number of amides is 1. The average Bonchev–Trinajstić information content (AvgIpc) is 3.43. The lowest BCUT2D eigenvalue weighted by Gasteiger charge is -2.14. The minimum Gasteiger partial charge on any atom is -0.438 e. The third-order valence-electron chi connectivity index (χ3n) is 5.42. The molecule has 0 radical (unpaired) electrons. The van der Waals surface area contributed by atoms with Crippen LogP contribution >= 0.6 is 0 Å². The summed E-state index contributed by atoms with van der Waals surface area (Å²) in [5, 5.41) is 16.6. The maximum atomic E-state index is 12.8. The van der Waals surface area contributed by atoms with Crippen molar-refractivity contribution in [3.05, 3.63) is 59.9 Å². The van der Waals surface area contributed by atoms with Gasteiger partial charge in [-0.2, -0.15) is 18.3 Å². The molecule has 1 aromatic carbocycles. The molecular weight excluding hydrogens is 425 g/mol. The number of ether oxygens (including phenoxy) is 1. The zero-order valence-electron chi connectivity index (χ0n) is 17.2. The first kappa shape index (κ1) is 21.8. The van der Waals surface area contributed by atoms with Crippen molar-refractivity contribution >= 4 is 5.91 Å². The molecule has 1 aliphatic carbocycles. The lowest BCUT2D eigenvalue weighted by molar-refractivity contribution is -0.137. The monoisotopic (exact) mass is 446 g/mol. The molecule has 10 heteroatoms. The lowest BCUT2D eigenvalue weighted by atomic mass is 10.1. The van der Waals surface area contributed by atoms with Gasteiger partial charge in [-0.05, 0) is 49.2 Å². The number of aliphatic hydroxyl groups excluding tert-OH is 1. The van der Waals surface area contributed by atoms with Gasteiger partial charge in [0.2, 0.25) is 5.88 Å². The third-order valence-corrected chi connectivity index (χ3v) is 5.42. The van der Waals surface area contributed by atoms with E-state index in [0.717, 1.165) is 25.0 Å². The van der Waals surface area contributed by atoms with Crippen molar-refractivity contribution < 1.29 is 27.8 Å². The van der Waals surface area contributed by atoms with Crippen LogP contribution in [0.4, 0.5) is 13.2 Å². The Bertz CT molecular complexity index is 1120. The van der Waals surface area contributed by atoms with E-state index in [0.29, 0.717) is 17.8 Å². The Morgan fingerprint density at radius 1 is 1.25 bits per heavy atom. The molecule has 32 heavy (non-hydrogen) atoms. The number of nitrogens with zero attached hydrogens (tertiary/aromatic N) is 3. The largest absolute Gasteiger partial charge is 0.438 e. The van der Waals surface area contributed by atoms with Gasteiger partial charge in [0, 0.05) is 31.4 Å². The molecule has 3 aromatic rings. The molecule has 0 atom stereocenters. The number of carbonyl (C=O) groups is 1. The highest BCUT2D eigenvalue weighted by Crippen LogP contribution is 2.44. The first-order chi connectivity index (χ1) is 15.2. The minimum absolute atomic E-state index is 0.0185. The van der Waals surface area contributed by atoms with Gasteiger partial charge in [-0.15, -0.1) is 0 Å². The van der Waals surface area contributed by atoms with E-state index in [1.165, 1.54) is 18.3 Å². The summed E-state index contributed by atoms with van der Waals surface area (Å²) in [6, 6.07) is 7.54. The second kappa shape index (κ2) is 8.27. The van der Waals surface area contributed by atoms with Crippen molar-refractivity contribution in [1.29, 1.82) is 0 Å². The van der Waals surface area contributed by atoms with Crippen LogP contribution in [0.15, 0.2) is 48.8 Å². The molecule has 1 saturated carbocycles. The number of aliphatic hydroxyl groups is 1. The Hall–Kier alpha value is -3.40. The summed E-state index contributed by atoms with van der Waals surface area (Å²) in [7, 11) is 1.73. The number of rotatable bonds is 7. The SMILES string of the molecule is Cn1ccc(-c2cc(C(=O)NCC3(CO)CC3)cnc2Oc2ccc(C(F)(F)F)cc2)n1. The van der Waals surface area contributed by atoms with Crippen LogP contribution in [0.25, 0.3) is 11.3 Å². The Kier molecular flexibility index (Phi) is 5.64. The topological polar surface area (TPSA) is 89.3 Å². The number of pyridine rings is 1. The molecule has 0 bridgehead atoms. The summed E-state index contributed by atoms with van der Waals surface area (Å²) in [6.07, 6.45) is 0.323. The van der Waals surface area contributed by atoms with Crippen LogP contribution in [0.5, 0.6) is 11.6 Å². The highest BCUT2D eigenvalue weighted by atomic mass is 19.4. The number of benzene rings is 1. The minimum atomic E-state index is -4.44. The van der Waals surface area contributed by atoms with Crippen molar-refractivity contribution in [2.75, 3.05) is 13.2 Å². The van der Waals surface area contributed by atoms with Gasteiger partial charge in [-0.3, -0.25) is 9.48 Å². The summed E-state index contributed by atoms with van der Waals surface area (Å²) in [5.74, 6) is -0.0805.